The number of alkyl halides is 6. The summed E-state index contributed by atoms with van der Waals surface area (Å²) in [4.78, 5) is 0. The van der Waals surface area contributed by atoms with Crippen molar-refractivity contribution in [3.8, 4) is 0 Å². The van der Waals surface area contributed by atoms with E-state index in [1.165, 1.54) is 0 Å². The van der Waals surface area contributed by atoms with Gasteiger partial charge in [-0.05, 0) is 0 Å². The Kier molecular flexibility index (Phi) is 19.2. The summed E-state index contributed by atoms with van der Waals surface area (Å²) >= 11 is -6.83. The molecule has 0 aromatic rings. The second-order valence-electron chi connectivity index (χ2n) is 9.30. The molecule has 0 saturated carbocycles. The molecule has 0 spiro atoms. The first-order chi connectivity index (χ1) is 16.2. The van der Waals surface area contributed by atoms with Crippen LogP contribution in [0.4, 0.5) is 26.3 Å². The first kappa shape index (κ1) is 37.0. The topological polar surface area (TPSA) is 0 Å². The van der Waals surface area contributed by atoms with Crippen LogP contribution in [0.5, 0.6) is 0 Å². The van der Waals surface area contributed by atoms with Crippen LogP contribution in [0.25, 0.3) is 0 Å². The summed E-state index contributed by atoms with van der Waals surface area (Å²) in [5.74, 6) is 0. The second-order valence-corrected chi connectivity index (χ2v) is 35.1. The van der Waals surface area contributed by atoms with Gasteiger partial charge in [0.25, 0.3) is 0 Å². The molecule has 0 atom stereocenters. The minimum atomic E-state index is -4.30. The molecular formula is C27H46F6Sn2. The number of allylic oxidation sites excluding steroid dienone is 5. The van der Waals surface area contributed by atoms with E-state index < -0.39 is 52.7 Å². The quantitative estimate of drug-likeness (QED) is 0.0797. The summed E-state index contributed by atoms with van der Waals surface area (Å²) in [5.41, 5.74) is 0. The summed E-state index contributed by atoms with van der Waals surface area (Å²) in [5, 5.41) is 0. The van der Waals surface area contributed by atoms with Crippen LogP contribution in [-0.2, 0) is 0 Å². The molecule has 0 aliphatic heterocycles. The van der Waals surface area contributed by atoms with E-state index in [2.05, 4.69) is 53.7 Å². The first-order valence-electron chi connectivity index (χ1n) is 12.5. The molecule has 0 aliphatic carbocycles. The zero-order chi connectivity index (χ0) is 27.8. The molecular weight excluding hydrogens is 676 g/mol. The van der Waals surface area contributed by atoms with Crippen LogP contribution in [0.3, 0.4) is 0 Å². The van der Waals surface area contributed by atoms with Crippen molar-refractivity contribution in [1.29, 1.82) is 0 Å². The predicted octanol–water partition coefficient (Wildman–Crippen LogP) is 11.1. The molecule has 0 nitrogen and oxygen atoms in total. The van der Waals surface area contributed by atoms with E-state index >= 15 is 0 Å². The summed E-state index contributed by atoms with van der Waals surface area (Å²) in [6.45, 7) is 23.6. The summed E-state index contributed by atoms with van der Waals surface area (Å²) in [7, 11) is 0. The Labute approximate surface area is 218 Å². The second kappa shape index (κ2) is 18.2. The maximum absolute atomic E-state index is 13.2. The SMILES string of the molecule is C=C[CH2][Sn]([CH2]C=C)([CH2]C=C)[C](=C)C(F)(F)F.C=[C](C(F)(F)F)[Sn]([CH2]CCC)([CH2]CCC)[CH2]CCC. The van der Waals surface area contributed by atoms with Gasteiger partial charge in [0.1, 0.15) is 0 Å². The Bertz CT molecular complexity index is 613. The van der Waals surface area contributed by atoms with Gasteiger partial charge >= 0.3 is 220 Å². The fourth-order valence-corrected chi connectivity index (χ4v) is 29.7. The Morgan fingerprint density at radius 3 is 1.03 bits per heavy atom. The van der Waals surface area contributed by atoms with E-state index in [0.29, 0.717) is 13.3 Å². The molecule has 0 bridgehead atoms. The molecule has 0 unspecified atom stereocenters. The third-order valence-electron chi connectivity index (χ3n) is 6.60. The van der Waals surface area contributed by atoms with Crippen LogP contribution < -0.4 is 0 Å². The molecule has 0 aromatic carbocycles. The normalized spacial score (nSPS) is 12.4. The van der Waals surface area contributed by atoms with Crippen molar-refractivity contribution in [2.24, 2.45) is 0 Å². The third-order valence-corrected chi connectivity index (χ3v) is 35.9. The van der Waals surface area contributed by atoms with Crippen molar-refractivity contribution in [2.75, 3.05) is 0 Å². The van der Waals surface area contributed by atoms with Gasteiger partial charge in [-0.3, -0.25) is 0 Å². The number of hydrogen-bond acceptors (Lipinski definition) is 0. The van der Waals surface area contributed by atoms with Gasteiger partial charge in [0.05, 0.1) is 0 Å². The van der Waals surface area contributed by atoms with Gasteiger partial charge in [-0.1, -0.05) is 0 Å². The molecule has 0 aromatic heterocycles. The molecule has 35 heavy (non-hydrogen) atoms. The molecule has 0 fully saturated rings. The summed E-state index contributed by atoms with van der Waals surface area (Å²) in [6, 6.07) is 0. The maximum atomic E-state index is 13.2. The van der Waals surface area contributed by atoms with Crippen LogP contribution >= 0.6 is 0 Å². The molecule has 0 N–H and O–H groups in total. The van der Waals surface area contributed by atoms with E-state index in [4.69, 9.17) is 0 Å². The van der Waals surface area contributed by atoms with Crippen molar-refractivity contribution in [2.45, 2.75) is 98.3 Å². The average molecular weight is 722 g/mol. The fraction of sp³-hybridized carbons (Fsp3) is 0.630. The first-order valence-corrected chi connectivity index (χ1v) is 27.5. The fourth-order valence-electron chi connectivity index (χ4n) is 4.42. The van der Waals surface area contributed by atoms with E-state index in [1.807, 2.05) is 0 Å². The van der Waals surface area contributed by atoms with E-state index in [-0.39, 0.29) is 3.59 Å². The summed E-state index contributed by atoms with van der Waals surface area (Å²) in [6.07, 6.45) is 2.04. The number of rotatable bonds is 17. The molecule has 0 saturated heterocycles. The van der Waals surface area contributed by atoms with Crippen LogP contribution in [0.15, 0.2) is 58.3 Å². The van der Waals surface area contributed by atoms with Gasteiger partial charge < -0.3 is 0 Å². The van der Waals surface area contributed by atoms with Crippen molar-refractivity contribution >= 4 is 36.8 Å². The van der Waals surface area contributed by atoms with Gasteiger partial charge in [-0.15, -0.1) is 0 Å². The van der Waals surface area contributed by atoms with Gasteiger partial charge in [0, 0.05) is 0 Å². The zero-order valence-corrected chi connectivity index (χ0v) is 27.7. The number of halogens is 6. The van der Waals surface area contributed by atoms with Gasteiger partial charge in [-0.25, -0.2) is 0 Å². The molecule has 0 amide bonds. The Morgan fingerprint density at radius 2 is 0.829 bits per heavy atom. The van der Waals surface area contributed by atoms with Gasteiger partial charge in [-0.2, -0.15) is 0 Å². The van der Waals surface area contributed by atoms with Gasteiger partial charge in [0.15, 0.2) is 0 Å². The molecule has 8 heteroatoms. The standard InChI is InChI=1S/3C4H9.2C3H2F3.3C3H5.2Sn/c3*1-3-4-2;2*1-2-3(4,5)6;3*1-3-2;;/h3*1,3-4H2,2H3;2*1H2;3*3H,1-2H2;;. The Hall–Kier alpha value is -0.123. The van der Waals surface area contributed by atoms with E-state index in [1.54, 1.807) is 18.2 Å². The van der Waals surface area contributed by atoms with Crippen molar-refractivity contribution in [1.82, 2.24) is 0 Å². The van der Waals surface area contributed by atoms with E-state index in [9.17, 15) is 26.3 Å². The zero-order valence-electron chi connectivity index (χ0n) is 22.0. The number of hydrogen-bond donors (Lipinski definition) is 0. The van der Waals surface area contributed by atoms with E-state index in [0.717, 1.165) is 51.8 Å². The molecule has 0 radical (unpaired) electrons. The monoisotopic (exact) mass is 724 g/mol. The van der Waals surface area contributed by atoms with Gasteiger partial charge in [0.2, 0.25) is 0 Å². The van der Waals surface area contributed by atoms with Crippen molar-refractivity contribution in [3.63, 3.8) is 0 Å². The van der Waals surface area contributed by atoms with Crippen LogP contribution in [-0.4, -0.2) is 49.1 Å². The minimum absolute atomic E-state index is 0.280. The van der Waals surface area contributed by atoms with Crippen molar-refractivity contribution < 1.29 is 26.3 Å². The molecule has 0 rings (SSSR count). The predicted molar refractivity (Wildman–Crippen MR) is 146 cm³/mol. The van der Waals surface area contributed by atoms with Crippen LogP contribution in [0.1, 0.15) is 59.3 Å². The van der Waals surface area contributed by atoms with Crippen LogP contribution in [0, 0.1) is 0 Å². The Balaban J connectivity index is 0. The van der Waals surface area contributed by atoms with Crippen LogP contribution in [0.2, 0.25) is 26.6 Å². The number of unbranched alkanes of at least 4 members (excludes halogenated alkanes) is 3. The average Bonchev–Trinajstić information content (AvgIpc) is 2.77. The Morgan fingerprint density at radius 1 is 0.571 bits per heavy atom. The molecule has 0 aliphatic rings. The third kappa shape index (κ3) is 13.3. The summed E-state index contributed by atoms with van der Waals surface area (Å²) < 4.78 is 80.8. The van der Waals surface area contributed by atoms with Crippen molar-refractivity contribution in [3.05, 3.63) is 58.3 Å². The molecule has 204 valence electrons. The molecule has 0 heterocycles.